The topological polar surface area (TPSA) is 213 Å². The van der Waals surface area contributed by atoms with Gasteiger partial charge in [-0.15, -0.1) is 4.40 Å². The number of carbonyl (C=O) groups is 5. The van der Waals surface area contributed by atoms with E-state index in [1.165, 1.54) is 19.1 Å². The van der Waals surface area contributed by atoms with Crippen molar-refractivity contribution in [2.24, 2.45) is 10.1 Å². The highest BCUT2D eigenvalue weighted by Gasteiger charge is 2.42. The summed E-state index contributed by atoms with van der Waals surface area (Å²) in [7, 11) is -1.44. The van der Waals surface area contributed by atoms with Crippen molar-refractivity contribution in [1.29, 1.82) is 0 Å². The third-order valence-electron chi connectivity index (χ3n) is 11.6. The summed E-state index contributed by atoms with van der Waals surface area (Å²) in [6, 6.07) is 26.1. The van der Waals surface area contributed by atoms with Gasteiger partial charge in [-0.2, -0.15) is 8.42 Å². The predicted molar refractivity (Wildman–Crippen MR) is 246 cm³/mol. The Morgan fingerprint density at radius 2 is 1.43 bits per heavy atom. The Hall–Kier alpha value is -6.55. The Kier molecular flexibility index (Phi) is 17.8. The third-order valence-corrected chi connectivity index (χ3v) is 13.2. The highest BCUT2D eigenvalue weighted by molar-refractivity contribution is 7.90. The number of hydrogen-bond donors (Lipinski definition) is 3. The summed E-state index contributed by atoms with van der Waals surface area (Å²) in [6.45, 7) is 5.28. The highest BCUT2D eigenvalue weighted by Crippen LogP contribution is 2.33. The monoisotopic (exact) mass is 909 g/mol. The van der Waals surface area contributed by atoms with Gasteiger partial charge < -0.3 is 35.5 Å². The van der Waals surface area contributed by atoms with Gasteiger partial charge in [0.05, 0.1) is 31.6 Å². The maximum atomic E-state index is 14.9. The Morgan fingerprint density at radius 1 is 0.815 bits per heavy atom. The number of unbranched alkanes of at least 4 members (excludes halogenated alkanes) is 1. The molecule has 346 valence electrons. The zero-order valence-electron chi connectivity index (χ0n) is 37.6. The van der Waals surface area contributed by atoms with Crippen LogP contribution in [0.25, 0.3) is 0 Å². The van der Waals surface area contributed by atoms with Gasteiger partial charge in [0.25, 0.3) is 10.0 Å². The summed E-state index contributed by atoms with van der Waals surface area (Å²) in [5, 5.41) is 5.70. The van der Waals surface area contributed by atoms with Crippen molar-refractivity contribution in [1.82, 2.24) is 15.5 Å². The second kappa shape index (κ2) is 23.4. The van der Waals surface area contributed by atoms with E-state index in [9.17, 15) is 32.4 Å². The lowest BCUT2D eigenvalue weighted by Gasteiger charge is -2.33. The van der Waals surface area contributed by atoms with Gasteiger partial charge in [-0.25, -0.2) is 4.79 Å². The number of alkyl carbamates (subject to hydrolysis) is 1. The lowest BCUT2D eigenvalue weighted by molar-refractivity contribution is -0.142. The number of nitrogens with one attached hydrogen (secondary N) is 2. The first-order valence-electron chi connectivity index (χ1n) is 21.7. The number of sulfonamides is 1. The van der Waals surface area contributed by atoms with E-state index < -0.39 is 63.7 Å². The fourth-order valence-electron chi connectivity index (χ4n) is 8.17. The third kappa shape index (κ3) is 13.3. The number of ether oxygens (including phenoxy) is 3. The number of amidine groups is 1. The first-order valence-corrected chi connectivity index (χ1v) is 23.1. The highest BCUT2D eigenvalue weighted by atomic mass is 32.2. The number of aryl methyl sites for hydroxylation is 1. The number of nitrogens with two attached hydrogens (primary N) is 1. The van der Waals surface area contributed by atoms with Gasteiger partial charge in [-0.1, -0.05) is 97.4 Å². The van der Waals surface area contributed by atoms with Crippen molar-refractivity contribution in [3.63, 3.8) is 0 Å². The van der Waals surface area contributed by atoms with Crippen LogP contribution in [0.3, 0.4) is 0 Å². The van der Waals surface area contributed by atoms with E-state index in [1.807, 2.05) is 91.0 Å². The van der Waals surface area contributed by atoms with Gasteiger partial charge >= 0.3 is 12.1 Å². The molecule has 3 atom stereocenters. The molecule has 4 aromatic carbocycles. The number of methoxy groups -OCH3 is 2. The van der Waals surface area contributed by atoms with Crippen LogP contribution in [0.1, 0.15) is 90.7 Å². The van der Waals surface area contributed by atoms with Gasteiger partial charge in [0.2, 0.25) is 11.8 Å². The smallest absolute Gasteiger partial charge is 0.408 e. The van der Waals surface area contributed by atoms with Crippen LogP contribution < -0.4 is 21.1 Å². The van der Waals surface area contributed by atoms with E-state index in [1.54, 1.807) is 26.8 Å². The molecule has 0 saturated carbocycles. The summed E-state index contributed by atoms with van der Waals surface area (Å²) < 4.78 is 46.4. The second-order valence-electron chi connectivity index (χ2n) is 16.1. The van der Waals surface area contributed by atoms with Crippen molar-refractivity contribution < 1.29 is 46.6 Å². The Bertz CT molecular complexity index is 2390. The summed E-state index contributed by atoms with van der Waals surface area (Å²) in [5.74, 6) is -2.32. The van der Waals surface area contributed by atoms with Crippen molar-refractivity contribution in [2.45, 2.75) is 108 Å². The maximum Gasteiger partial charge on any atom is 0.408 e. The minimum Gasteiger partial charge on any atom is -0.496 e. The molecule has 1 heterocycles. The molecule has 4 aromatic rings. The van der Waals surface area contributed by atoms with Crippen molar-refractivity contribution in [3.05, 3.63) is 130 Å². The molecule has 0 aliphatic carbocycles. The number of Topliss-reactive ketones (excluding diaryl/α,β-unsaturated/α-hetero) is 1. The minimum absolute atomic E-state index is 0.0314. The Labute approximate surface area is 381 Å². The van der Waals surface area contributed by atoms with Gasteiger partial charge in [-0.05, 0) is 85.9 Å². The van der Waals surface area contributed by atoms with Crippen LogP contribution in [0, 0.1) is 20.8 Å². The predicted octanol–water partition coefficient (Wildman–Crippen LogP) is 6.35. The fourth-order valence-corrected chi connectivity index (χ4v) is 9.67. The molecule has 1 unspecified atom stereocenters. The number of carbonyl (C=O) groups excluding carboxylic acids is 5. The number of hydrogen-bond acceptors (Lipinski definition) is 10. The first kappa shape index (κ1) is 49.5. The van der Waals surface area contributed by atoms with E-state index >= 15 is 0 Å². The van der Waals surface area contributed by atoms with E-state index in [0.717, 1.165) is 16.7 Å². The van der Waals surface area contributed by atoms with E-state index in [4.69, 9.17) is 19.9 Å². The SMILES string of the molecule is COC(=O)CCC(=O)C(CCCC/C(N)=N\S(=O)(=O)c1c(C)cc(OC)c(C)c1C)NC(=O)[C@@H]1CCCN1C(=O)[C@@H](NC(=O)OCc1ccccc1)C(c1ccccc1)c1ccccc1. The first-order chi connectivity index (χ1) is 31.1. The number of nitrogens with zero attached hydrogens (tertiary/aromatic N) is 2. The Balaban J connectivity index is 1.34. The summed E-state index contributed by atoms with van der Waals surface area (Å²) in [5.41, 5.74) is 10.1. The van der Waals surface area contributed by atoms with Gasteiger partial charge in [0.1, 0.15) is 30.3 Å². The average Bonchev–Trinajstić information content (AvgIpc) is 3.80. The maximum absolute atomic E-state index is 14.9. The second-order valence-corrected chi connectivity index (χ2v) is 17.6. The lowest BCUT2D eigenvalue weighted by atomic mass is 9.84. The molecule has 3 amide bonds. The number of likely N-dealkylation sites (tertiary alicyclic amines) is 1. The molecular weight excluding hydrogens is 851 g/mol. The molecular formula is C49H59N5O10S. The number of esters is 1. The van der Waals surface area contributed by atoms with Crippen LogP contribution in [0.15, 0.2) is 106 Å². The van der Waals surface area contributed by atoms with E-state index in [0.29, 0.717) is 48.1 Å². The number of amides is 3. The zero-order chi connectivity index (χ0) is 47.1. The van der Waals surface area contributed by atoms with Crippen LogP contribution in [0.2, 0.25) is 0 Å². The zero-order valence-corrected chi connectivity index (χ0v) is 38.4. The normalized spacial score (nSPS) is 14.9. The van der Waals surface area contributed by atoms with Crippen LogP contribution >= 0.6 is 0 Å². The van der Waals surface area contributed by atoms with Gasteiger partial charge in [-0.3, -0.25) is 19.2 Å². The quantitative estimate of drug-likeness (QED) is 0.0363. The van der Waals surface area contributed by atoms with Crippen LogP contribution in [-0.4, -0.2) is 87.7 Å². The number of rotatable bonds is 21. The molecule has 0 bridgehead atoms. The fraction of sp³-hybridized carbons (Fsp3) is 0.388. The summed E-state index contributed by atoms with van der Waals surface area (Å²) in [6.07, 6.45) is 0.406. The molecule has 1 aliphatic heterocycles. The molecule has 65 heavy (non-hydrogen) atoms. The van der Waals surface area contributed by atoms with Crippen LogP contribution in [0.4, 0.5) is 4.79 Å². The largest absolute Gasteiger partial charge is 0.496 e. The molecule has 0 aromatic heterocycles. The summed E-state index contributed by atoms with van der Waals surface area (Å²) in [4.78, 5) is 69.9. The molecule has 1 saturated heterocycles. The molecule has 16 heteroatoms. The molecule has 4 N–H and O–H groups in total. The number of benzene rings is 4. The standard InChI is InChI=1S/C49H59N5O10S/c1-32-30-41(62-4)33(2)34(3)46(32)65(60,61)53-42(50)26-16-15-24-38(40(55)27-28-43(56)63-5)51-47(57)39-25-17-29-54(39)48(58)45(52-49(59)64-31-35-18-9-6-10-19-35)44(36-20-11-7-12-21-36)37-22-13-8-14-23-37/h6-14,18-23,30,38-39,44-45H,15-17,24-29,31H2,1-5H3,(H2,50,53)(H,51,57)(H,52,59)/t38?,39-,45-/m0/s1. The van der Waals surface area contributed by atoms with Crippen LogP contribution in [0.5, 0.6) is 5.75 Å². The number of ketones is 1. The average molecular weight is 910 g/mol. The molecule has 0 spiro atoms. The molecule has 5 rings (SSSR count). The molecule has 1 aliphatic rings. The van der Waals surface area contributed by atoms with E-state index in [-0.39, 0.29) is 49.6 Å². The lowest BCUT2D eigenvalue weighted by Crippen LogP contribution is -2.56. The van der Waals surface area contributed by atoms with Crippen molar-refractivity contribution in [3.8, 4) is 5.75 Å². The van der Waals surface area contributed by atoms with Gasteiger partial charge in [0, 0.05) is 25.3 Å². The minimum atomic E-state index is -4.17. The van der Waals surface area contributed by atoms with E-state index in [2.05, 4.69) is 15.0 Å². The van der Waals surface area contributed by atoms with Crippen molar-refractivity contribution >= 4 is 45.5 Å². The molecule has 15 nitrogen and oxygen atoms in total. The van der Waals surface area contributed by atoms with Crippen molar-refractivity contribution in [2.75, 3.05) is 20.8 Å². The summed E-state index contributed by atoms with van der Waals surface area (Å²) >= 11 is 0. The van der Waals surface area contributed by atoms with Crippen LogP contribution in [-0.2, 0) is 45.3 Å². The van der Waals surface area contributed by atoms with Gasteiger partial charge in [0.15, 0.2) is 5.78 Å². The Morgan fingerprint density at radius 3 is 2.03 bits per heavy atom. The molecule has 1 fully saturated rings. The molecule has 0 radical (unpaired) electrons.